The minimum atomic E-state index is -0.879. The molecule has 0 saturated carbocycles. The first-order valence-electron chi connectivity index (χ1n) is 3.49. The van der Waals surface area contributed by atoms with Crippen molar-refractivity contribution in [1.29, 1.82) is 0 Å². The maximum atomic E-state index is 9.29. The number of aromatic nitrogens is 1. The Morgan fingerprint density at radius 3 is 2.55 bits per heavy atom. The van der Waals surface area contributed by atoms with Gasteiger partial charge < -0.3 is 10.2 Å². The predicted molar refractivity (Wildman–Crippen MR) is 40.9 cm³/mol. The monoisotopic (exact) mass is 153 g/mol. The van der Waals surface area contributed by atoms with Crippen LogP contribution in [-0.4, -0.2) is 21.3 Å². The van der Waals surface area contributed by atoms with Gasteiger partial charge in [0.15, 0.2) is 0 Å². The third-order valence-corrected chi connectivity index (χ3v) is 1.45. The quantitative estimate of drug-likeness (QED) is 0.650. The first kappa shape index (κ1) is 8.17. The standard InChI is InChI=1S/C8H11NO2/c1-6(10)8(11)7-4-2-3-5-9-7/h2-6,8,10-11H,1H3/t6-,8+/m1/s1. The fourth-order valence-corrected chi connectivity index (χ4v) is 0.798. The molecular formula is C8H11NO2. The summed E-state index contributed by atoms with van der Waals surface area (Å²) >= 11 is 0. The zero-order chi connectivity index (χ0) is 8.27. The largest absolute Gasteiger partial charge is 0.390 e. The molecule has 0 spiro atoms. The predicted octanol–water partition coefficient (Wildman–Crippen LogP) is 0.496. The first-order chi connectivity index (χ1) is 5.22. The van der Waals surface area contributed by atoms with Crippen LogP contribution in [0.2, 0.25) is 0 Å². The molecule has 2 atom stereocenters. The second kappa shape index (κ2) is 3.46. The third-order valence-electron chi connectivity index (χ3n) is 1.45. The second-order valence-electron chi connectivity index (χ2n) is 2.44. The molecule has 0 aliphatic carbocycles. The highest BCUT2D eigenvalue weighted by Crippen LogP contribution is 2.12. The molecule has 0 aliphatic rings. The van der Waals surface area contributed by atoms with Gasteiger partial charge >= 0.3 is 0 Å². The molecule has 3 nitrogen and oxygen atoms in total. The highest BCUT2D eigenvalue weighted by Gasteiger charge is 2.13. The summed E-state index contributed by atoms with van der Waals surface area (Å²) in [5.74, 6) is 0. The summed E-state index contributed by atoms with van der Waals surface area (Å²) in [6.45, 7) is 1.53. The van der Waals surface area contributed by atoms with Crippen molar-refractivity contribution in [3.05, 3.63) is 30.1 Å². The van der Waals surface area contributed by atoms with E-state index in [1.54, 1.807) is 24.4 Å². The Morgan fingerprint density at radius 1 is 1.36 bits per heavy atom. The molecule has 0 saturated heterocycles. The van der Waals surface area contributed by atoms with Crippen molar-refractivity contribution in [1.82, 2.24) is 4.98 Å². The molecule has 0 aliphatic heterocycles. The maximum Gasteiger partial charge on any atom is 0.121 e. The summed E-state index contributed by atoms with van der Waals surface area (Å²) in [6, 6.07) is 5.21. The minimum absolute atomic E-state index is 0.502. The van der Waals surface area contributed by atoms with Gasteiger partial charge in [0.25, 0.3) is 0 Å². The van der Waals surface area contributed by atoms with Crippen LogP contribution in [0.5, 0.6) is 0 Å². The van der Waals surface area contributed by atoms with Crippen molar-refractivity contribution in [2.75, 3.05) is 0 Å². The van der Waals surface area contributed by atoms with Crippen LogP contribution in [0, 0.1) is 0 Å². The number of hydrogen-bond acceptors (Lipinski definition) is 3. The molecule has 0 amide bonds. The first-order valence-corrected chi connectivity index (χ1v) is 3.49. The van der Waals surface area contributed by atoms with E-state index in [2.05, 4.69) is 4.98 Å². The van der Waals surface area contributed by atoms with Crippen LogP contribution in [0.1, 0.15) is 18.7 Å². The van der Waals surface area contributed by atoms with E-state index in [9.17, 15) is 5.11 Å². The lowest BCUT2D eigenvalue weighted by molar-refractivity contribution is 0.0278. The Hall–Kier alpha value is -0.930. The molecule has 60 valence electrons. The number of pyridine rings is 1. The fourth-order valence-electron chi connectivity index (χ4n) is 0.798. The van der Waals surface area contributed by atoms with Gasteiger partial charge in [0.05, 0.1) is 11.8 Å². The van der Waals surface area contributed by atoms with E-state index < -0.39 is 12.2 Å². The normalized spacial score (nSPS) is 15.9. The van der Waals surface area contributed by atoms with Crippen LogP contribution in [-0.2, 0) is 0 Å². The van der Waals surface area contributed by atoms with Gasteiger partial charge in [0.2, 0.25) is 0 Å². The average molecular weight is 153 g/mol. The van der Waals surface area contributed by atoms with Gasteiger partial charge in [-0.3, -0.25) is 4.98 Å². The molecule has 1 heterocycles. The lowest BCUT2D eigenvalue weighted by atomic mass is 10.1. The lowest BCUT2D eigenvalue weighted by Crippen LogP contribution is -2.14. The zero-order valence-electron chi connectivity index (χ0n) is 6.31. The molecule has 11 heavy (non-hydrogen) atoms. The lowest BCUT2D eigenvalue weighted by Gasteiger charge is -2.11. The molecule has 0 aromatic carbocycles. The summed E-state index contributed by atoms with van der Waals surface area (Å²) in [4.78, 5) is 3.89. The summed E-state index contributed by atoms with van der Waals surface area (Å²) < 4.78 is 0. The topological polar surface area (TPSA) is 53.4 Å². The number of nitrogens with zero attached hydrogens (tertiary/aromatic N) is 1. The minimum Gasteiger partial charge on any atom is -0.390 e. The summed E-state index contributed by atoms with van der Waals surface area (Å²) in [5.41, 5.74) is 0.502. The van der Waals surface area contributed by atoms with Crippen molar-refractivity contribution >= 4 is 0 Å². The number of aliphatic hydroxyl groups is 2. The van der Waals surface area contributed by atoms with Crippen LogP contribution >= 0.6 is 0 Å². The Balaban J connectivity index is 2.77. The van der Waals surface area contributed by atoms with E-state index in [0.717, 1.165) is 0 Å². The molecule has 1 aromatic rings. The molecule has 1 rings (SSSR count). The van der Waals surface area contributed by atoms with Crippen LogP contribution in [0.25, 0.3) is 0 Å². The van der Waals surface area contributed by atoms with Crippen molar-refractivity contribution in [3.8, 4) is 0 Å². The van der Waals surface area contributed by atoms with Gasteiger partial charge in [-0.05, 0) is 19.1 Å². The van der Waals surface area contributed by atoms with E-state index in [1.165, 1.54) is 6.92 Å². The third kappa shape index (κ3) is 2.00. The van der Waals surface area contributed by atoms with Gasteiger partial charge in [-0.25, -0.2) is 0 Å². The van der Waals surface area contributed by atoms with E-state index in [4.69, 9.17) is 5.11 Å². The van der Waals surface area contributed by atoms with E-state index >= 15 is 0 Å². The van der Waals surface area contributed by atoms with Gasteiger partial charge in [0, 0.05) is 6.20 Å². The van der Waals surface area contributed by atoms with Gasteiger partial charge in [0.1, 0.15) is 6.10 Å². The van der Waals surface area contributed by atoms with Crippen LogP contribution in [0.4, 0.5) is 0 Å². The molecular weight excluding hydrogens is 142 g/mol. The van der Waals surface area contributed by atoms with Crippen molar-refractivity contribution in [2.24, 2.45) is 0 Å². The molecule has 2 N–H and O–H groups in total. The number of rotatable bonds is 2. The van der Waals surface area contributed by atoms with E-state index in [-0.39, 0.29) is 0 Å². The molecule has 1 aromatic heterocycles. The Kier molecular flexibility index (Phi) is 2.57. The van der Waals surface area contributed by atoms with Crippen molar-refractivity contribution < 1.29 is 10.2 Å². The highest BCUT2D eigenvalue weighted by molar-refractivity contribution is 5.07. The van der Waals surface area contributed by atoms with Crippen LogP contribution in [0.15, 0.2) is 24.4 Å². The number of hydrogen-bond donors (Lipinski definition) is 2. The summed E-state index contributed by atoms with van der Waals surface area (Å²) in [5, 5.41) is 18.3. The van der Waals surface area contributed by atoms with Crippen LogP contribution in [0.3, 0.4) is 0 Å². The Labute approximate surface area is 65.3 Å². The molecule has 0 unspecified atom stereocenters. The molecule has 3 heteroatoms. The molecule has 0 bridgehead atoms. The van der Waals surface area contributed by atoms with Gasteiger partial charge in [-0.15, -0.1) is 0 Å². The SMILES string of the molecule is C[C@@H](O)[C@H](O)c1ccccn1. The highest BCUT2D eigenvalue weighted by atomic mass is 16.3. The van der Waals surface area contributed by atoms with Crippen molar-refractivity contribution in [3.63, 3.8) is 0 Å². The Bertz CT molecular complexity index is 211. The number of aliphatic hydroxyl groups excluding tert-OH is 2. The smallest absolute Gasteiger partial charge is 0.121 e. The van der Waals surface area contributed by atoms with Gasteiger partial charge in [-0.1, -0.05) is 6.07 Å². The van der Waals surface area contributed by atoms with Gasteiger partial charge in [-0.2, -0.15) is 0 Å². The summed E-state index contributed by atoms with van der Waals surface area (Å²) in [6.07, 6.45) is -0.0675. The average Bonchev–Trinajstić information content (AvgIpc) is 2.05. The van der Waals surface area contributed by atoms with Crippen molar-refractivity contribution in [2.45, 2.75) is 19.1 Å². The zero-order valence-corrected chi connectivity index (χ0v) is 6.31. The molecule has 0 fully saturated rings. The second-order valence-corrected chi connectivity index (χ2v) is 2.44. The maximum absolute atomic E-state index is 9.29. The van der Waals surface area contributed by atoms with Crippen LogP contribution < -0.4 is 0 Å². The van der Waals surface area contributed by atoms with E-state index in [1.807, 2.05) is 0 Å². The fraction of sp³-hybridized carbons (Fsp3) is 0.375. The summed E-state index contributed by atoms with van der Waals surface area (Å²) in [7, 11) is 0. The molecule has 0 radical (unpaired) electrons. The Morgan fingerprint density at radius 2 is 2.09 bits per heavy atom. The van der Waals surface area contributed by atoms with E-state index in [0.29, 0.717) is 5.69 Å².